The van der Waals surface area contributed by atoms with Crippen molar-refractivity contribution < 1.29 is 9.28 Å². The molecule has 0 aliphatic heterocycles. The second-order valence-corrected chi connectivity index (χ2v) is 4.56. The Kier molecular flexibility index (Phi) is 3.31. The van der Waals surface area contributed by atoms with E-state index in [0.717, 1.165) is 7.05 Å². The molecular weight excluding hydrogens is 269 g/mol. The Morgan fingerprint density at radius 1 is 1.10 bits per heavy atom. The zero-order chi connectivity index (χ0) is 14.8. The molecule has 0 unspecified atom stereocenters. The molecule has 0 aliphatic rings. The van der Waals surface area contributed by atoms with Crippen LogP contribution < -0.4 is 0 Å². The third-order valence-corrected chi connectivity index (χ3v) is 3.21. The maximum absolute atomic E-state index is 13.4. The second kappa shape index (κ2) is 5.28. The number of fused-ring (bicyclic) bond motifs is 1. The Labute approximate surface area is 120 Å². The Morgan fingerprint density at radius 2 is 1.86 bits per heavy atom. The number of carbonyl (C=O) groups is 1. The number of hydrogen-bond acceptors (Lipinski definition) is 3. The number of para-hydroxylation sites is 1. The Hall–Kier alpha value is -2.82. The summed E-state index contributed by atoms with van der Waals surface area (Å²) in [6.07, 6.45) is 3.18. The van der Waals surface area contributed by atoms with Crippen molar-refractivity contribution in [3.8, 4) is 11.3 Å². The van der Waals surface area contributed by atoms with Gasteiger partial charge in [0.25, 0.3) is 5.91 Å². The van der Waals surface area contributed by atoms with E-state index in [-0.39, 0.29) is 10.7 Å². The number of rotatable bonds is 2. The van der Waals surface area contributed by atoms with Crippen molar-refractivity contribution in [2.45, 2.75) is 0 Å². The minimum atomic E-state index is -0.714. The van der Waals surface area contributed by atoms with Crippen LogP contribution in [0.15, 0.2) is 54.9 Å². The number of amides is 1. The molecule has 5 heteroatoms. The van der Waals surface area contributed by atoms with Crippen LogP contribution >= 0.6 is 0 Å². The Bertz CT molecular complexity index is 803. The molecule has 0 saturated carbocycles. The van der Waals surface area contributed by atoms with Gasteiger partial charge in [0.05, 0.1) is 16.8 Å². The minimum Gasteiger partial charge on any atom is -0.266 e. The van der Waals surface area contributed by atoms with Crippen LogP contribution in [0.4, 0.5) is 4.48 Å². The van der Waals surface area contributed by atoms with Gasteiger partial charge in [-0.3, -0.25) is 14.8 Å². The predicted molar refractivity (Wildman–Crippen MR) is 78.2 cm³/mol. The quantitative estimate of drug-likeness (QED) is 0.677. The smallest absolute Gasteiger partial charge is 0.266 e. The van der Waals surface area contributed by atoms with Gasteiger partial charge >= 0.3 is 0 Å². The van der Waals surface area contributed by atoms with E-state index in [2.05, 4.69) is 9.97 Å². The highest BCUT2D eigenvalue weighted by Crippen LogP contribution is 2.28. The summed E-state index contributed by atoms with van der Waals surface area (Å²) < 4.78 is 13.4. The summed E-state index contributed by atoms with van der Waals surface area (Å²) in [7, 11) is 1.08. The van der Waals surface area contributed by atoms with Gasteiger partial charge < -0.3 is 0 Å². The number of carbonyl (C=O) groups excluding carboxylic acids is 1. The molecule has 3 rings (SSSR count). The van der Waals surface area contributed by atoms with Gasteiger partial charge in [-0.1, -0.05) is 28.7 Å². The molecule has 0 spiro atoms. The lowest BCUT2D eigenvalue weighted by Gasteiger charge is -2.13. The van der Waals surface area contributed by atoms with Crippen LogP contribution in [0.5, 0.6) is 0 Å². The van der Waals surface area contributed by atoms with Gasteiger partial charge in [-0.25, -0.2) is 0 Å². The molecule has 104 valence electrons. The fourth-order valence-corrected chi connectivity index (χ4v) is 2.24. The van der Waals surface area contributed by atoms with Crippen LogP contribution in [0, 0.1) is 0 Å². The second-order valence-electron chi connectivity index (χ2n) is 4.56. The molecule has 0 radical (unpaired) electrons. The molecule has 1 aromatic carbocycles. The molecular formula is C16H12FN3O. The van der Waals surface area contributed by atoms with E-state index in [9.17, 15) is 9.28 Å². The first-order valence-electron chi connectivity index (χ1n) is 6.41. The number of aromatic nitrogens is 2. The summed E-state index contributed by atoms with van der Waals surface area (Å²) in [6.45, 7) is 0. The zero-order valence-corrected chi connectivity index (χ0v) is 11.3. The van der Waals surface area contributed by atoms with Gasteiger partial charge in [0.2, 0.25) is 0 Å². The summed E-state index contributed by atoms with van der Waals surface area (Å²) in [4.78, 5) is 20.8. The maximum Gasteiger partial charge on any atom is 0.282 e. The summed E-state index contributed by atoms with van der Waals surface area (Å²) in [5.74, 6) is -0.714. The van der Waals surface area contributed by atoms with E-state index in [4.69, 9.17) is 0 Å². The van der Waals surface area contributed by atoms with Crippen molar-refractivity contribution in [2.75, 3.05) is 7.05 Å². The minimum absolute atomic E-state index is 0.0776. The highest BCUT2D eigenvalue weighted by Gasteiger charge is 2.21. The molecule has 0 atom stereocenters. The third kappa shape index (κ3) is 2.33. The van der Waals surface area contributed by atoms with E-state index in [0.29, 0.717) is 22.2 Å². The van der Waals surface area contributed by atoms with Gasteiger partial charge in [-0.05, 0) is 18.2 Å². The van der Waals surface area contributed by atoms with Gasteiger partial charge in [0.1, 0.15) is 0 Å². The SMILES string of the molecule is CN(F)C(=O)c1c(-c2ccccn2)cnc2ccccc12. The summed E-state index contributed by atoms with van der Waals surface area (Å²) in [5, 5.41) is 0.684. The normalized spacial score (nSPS) is 10.6. The molecule has 0 bridgehead atoms. The molecule has 2 heterocycles. The zero-order valence-electron chi connectivity index (χ0n) is 11.3. The van der Waals surface area contributed by atoms with Crippen molar-refractivity contribution in [3.05, 3.63) is 60.4 Å². The van der Waals surface area contributed by atoms with E-state index in [1.807, 2.05) is 12.1 Å². The Balaban J connectivity index is 2.35. The average Bonchev–Trinajstić information content (AvgIpc) is 2.53. The van der Waals surface area contributed by atoms with Crippen LogP contribution in [0.2, 0.25) is 0 Å². The topological polar surface area (TPSA) is 46.1 Å². The molecule has 3 aromatic rings. The van der Waals surface area contributed by atoms with Gasteiger partial charge in [-0.2, -0.15) is 5.12 Å². The molecule has 2 aromatic heterocycles. The van der Waals surface area contributed by atoms with E-state index in [1.165, 1.54) is 0 Å². The molecule has 4 nitrogen and oxygen atoms in total. The first kappa shape index (κ1) is 13.2. The van der Waals surface area contributed by atoms with Crippen molar-refractivity contribution >= 4 is 16.8 Å². The van der Waals surface area contributed by atoms with E-state index >= 15 is 0 Å². The van der Waals surface area contributed by atoms with Gasteiger partial charge in [0.15, 0.2) is 0 Å². The number of benzene rings is 1. The van der Waals surface area contributed by atoms with Crippen molar-refractivity contribution in [1.82, 2.24) is 15.1 Å². The average molecular weight is 281 g/mol. The van der Waals surface area contributed by atoms with Crippen molar-refractivity contribution in [2.24, 2.45) is 0 Å². The third-order valence-electron chi connectivity index (χ3n) is 3.21. The predicted octanol–water partition coefficient (Wildman–Crippen LogP) is 3.25. The fraction of sp³-hybridized carbons (Fsp3) is 0.0625. The lowest BCUT2D eigenvalue weighted by Crippen LogP contribution is -2.19. The Morgan fingerprint density at radius 3 is 2.57 bits per heavy atom. The summed E-state index contributed by atoms with van der Waals surface area (Å²) >= 11 is 0. The van der Waals surface area contributed by atoms with Crippen LogP contribution in [0.1, 0.15) is 10.4 Å². The highest BCUT2D eigenvalue weighted by atomic mass is 19.2. The van der Waals surface area contributed by atoms with Crippen LogP contribution in [-0.4, -0.2) is 28.0 Å². The molecule has 0 saturated heterocycles. The molecule has 0 aliphatic carbocycles. The largest absolute Gasteiger partial charge is 0.282 e. The van der Waals surface area contributed by atoms with Crippen molar-refractivity contribution in [1.29, 1.82) is 0 Å². The summed E-state index contributed by atoms with van der Waals surface area (Å²) in [5.41, 5.74) is 2.01. The molecule has 1 amide bonds. The molecule has 21 heavy (non-hydrogen) atoms. The van der Waals surface area contributed by atoms with Crippen LogP contribution in [-0.2, 0) is 0 Å². The number of halogens is 1. The maximum atomic E-state index is 13.4. The molecule has 0 fully saturated rings. The lowest BCUT2D eigenvalue weighted by molar-refractivity contribution is 0.0346. The van der Waals surface area contributed by atoms with Crippen LogP contribution in [0.25, 0.3) is 22.2 Å². The van der Waals surface area contributed by atoms with E-state index < -0.39 is 5.91 Å². The molecule has 0 N–H and O–H groups in total. The number of pyridine rings is 2. The van der Waals surface area contributed by atoms with Gasteiger partial charge in [0, 0.05) is 30.4 Å². The summed E-state index contributed by atoms with van der Waals surface area (Å²) in [6, 6.07) is 12.5. The van der Waals surface area contributed by atoms with Crippen LogP contribution in [0.3, 0.4) is 0 Å². The number of nitrogens with zero attached hydrogens (tertiary/aromatic N) is 3. The van der Waals surface area contributed by atoms with Crippen molar-refractivity contribution in [3.63, 3.8) is 0 Å². The lowest BCUT2D eigenvalue weighted by atomic mass is 10.0. The van der Waals surface area contributed by atoms with Gasteiger partial charge in [-0.15, -0.1) is 0 Å². The standard InChI is InChI=1S/C16H12FN3O/c1-20(17)16(21)15-11-6-2-3-7-13(11)19-10-12(15)14-8-4-5-9-18-14/h2-10H,1H3. The highest BCUT2D eigenvalue weighted by molar-refractivity contribution is 6.10. The first-order valence-corrected chi connectivity index (χ1v) is 6.41. The first-order chi connectivity index (χ1) is 10.2. The van der Waals surface area contributed by atoms with E-state index in [1.54, 1.807) is 42.7 Å². The number of hydrogen-bond donors (Lipinski definition) is 0. The fourth-order valence-electron chi connectivity index (χ4n) is 2.24. The monoisotopic (exact) mass is 281 g/mol.